The number of likely N-dealkylation sites (tertiary alicyclic amines) is 1. The predicted octanol–water partition coefficient (Wildman–Crippen LogP) is -0.162. The molecule has 6 nitrogen and oxygen atoms in total. The molecule has 1 saturated heterocycles. The van der Waals surface area contributed by atoms with Crippen molar-refractivity contribution in [1.29, 1.82) is 0 Å². The van der Waals surface area contributed by atoms with Gasteiger partial charge in [0.1, 0.15) is 6.04 Å². The molecule has 1 aliphatic heterocycles. The lowest BCUT2D eigenvalue weighted by Crippen LogP contribution is -2.49. The molecule has 4 N–H and O–H groups in total. The number of nitrogens with one attached hydrogen (secondary N) is 1. The summed E-state index contributed by atoms with van der Waals surface area (Å²) >= 11 is 0. The van der Waals surface area contributed by atoms with Crippen LogP contribution in [0.1, 0.15) is 20.3 Å². The van der Waals surface area contributed by atoms with Crippen molar-refractivity contribution in [3.63, 3.8) is 0 Å². The summed E-state index contributed by atoms with van der Waals surface area (Å²) in [5.41, 5.74) is 5.68. The number of aliphatic carboxylic acids is 1. The second-order valence-corrected chi connectivity index (χ2v) is 4.50. The minimum Gasteiger partial charge on any atom is -0.480 e. The van der Waals surface area contributed by atoms with Crippen LogP contribution in [0.3, 0.4) is 0 Å². The van der Waals surface area contributed by atoms with E-state index in [1.54, 1.807) is 18.7 Å². The Hall–Kier alpha value is -1.30. The molecule has 0 bridgehead atoms. The third kappa shape index (κ3) is 3.10. The van der Waals surface area contributed by atoms with Crippen LogP contribution in [0.15, 0.2) is 0 Å². The van der Waals surface area contributed by atoms with Gasteiger partial charge in [-0.15, -0.1) is 0 Å². The van der Waals surface area contributed by atoms with Crippen LogP contribution in [0, 0.1) is 5.92 Å². The molecule has 0 aromatic carbocycles. The van der Waals surface area contributed by atoms with E-state index >= 15 is 0 Å². The van der Waals surface area contributed by atoms with Gasteiger partial charge < -0.3 is 21.1 Å². The van der Waals surface area contributed by atoms with E-state index in [1.807, 2.05) is 0 Å². The number of hydrogen-bond acceptors (Lipinski definition) is 3. The van der Waals surface area contributed by atoms with E-state index in [4.69, 9.17) is 10.8 Å². The van der Waals surface area contributed by atoms with E-state index in [-0.39, 0.29) is 18.0 Å². The van der Waals surface area contributed by atoms with Crippen LogP contribution >= 0.6 is 0 Å². The molecule has 1 fully saturated rings. The van der Waals surface area contributed by atoms with E-state index < -0.39 is 12.0 Å². The number of amides is 2. The molecule has 2 amide bonds. The molecule has 6 heteroatoms. The van der Waals surface area contributed by atoms with Crippen LogP contribution < -0.4 is 11.1 Å². The van der Waals surface area contributed by atoms with Crippen LogP contribution in [0.4, 0.5) is 4.79 Å². The number of nitrogens with two attached hydrogens (primary N) is 1. The van der Waals surface area contributed by atoms with Gasteiger partial charge in [-0.3, -0.25) is 0 Å². The first kappa shape index (κ1) is 12.8. The smallest absolute Gasteiger partial charge is 0.326 e. The third-order valence-electron chi connectivity index (χ3n) is 2.72. The molecular formula is C10H19N3O3. The average Bonchev–Trinajstić information content (AvgIpc) is 2.59. The molecule has 0 aromatic rings. The van der Waals surface area contributed by atoms with Gasteiger partial charge in [0.05, 0.1) is 0 Å². The summed E-state index contributed by atoms with van der Waals surface area (Å²) in [7, 11) is 0. The summed E-state index contributed by atoms with van der Waals surface area (Å²) in [5, 5.41) is 11.4. The largest absolute Gasteiger partial charge is 0.480 e. The minimum atomic E-state index is -1.01. The van der Waals surface area contributed by atoms with E-state index in [0.717, 1.165) is 6.42 Å². The molecule has 16 heavy (non-hydrogen) atoms. The third-order valence-corrected chi connectivity index (χ3v) is 2.72. The Kier molecular flexibility index (Phi) is 4.12. The molecule has 1 heterocycles. The molecule has 2 atom stereocenters. The predicted molar refractivity (Wildman–Crippen MR) is 59.0 cm³/mol. The topological polar surface area (TPSA) is 95.7 Å². The fourth-order valence-electron chi connectivity index (χ4n) is 1.71. The Balaban J connectivity index is 2.52. The van der Waals surface area contributed by atoms with Crippen LogP contribution in [0.25, 0.3) is 0 Å². The van der Waals surface area contributed by atoms with Crippen molar-refractivity contribution in [2.24, 2.45) is 11.7 Å². The number of rotatable bonds is 3. The van der Waals surface area contributed by atoms with Crippen molar-refractivity contribution in [2.45, 2.75) is 32.4 Å². The summed E-state index contributed by atoms with van der Waals surface area (Å²) in [4.78, 5) is 24.2. The van der Waals surface area contributed by atoms with Gasteiger partial charge in [-0.2, -0.15) is 0 Å². The Morgan fingerprint density at radius 3 is 2.50 bits per heavy atom. The number of carbonyl (C=O) groups excluding carboxylic acids is 1. The Morgan fingerprint density at radius 1 is 1.50 bits per heavy atom. The highest BCUT2D eigenvalue weighted by atomic mass is 16.4. The molecule has 0 aliphatic carbocycles. The van der Waals surface area contributed by atoms with Crippen molar-refractivity contribution in [3.8, 4) is 0 Å². The number of carbonyl (C=O) groups is 2. The quantitative estimate of drug-likeness (QED) is 0.626. The lowest BCUT2D eigenvalue weighted by Gasteiger charge is -2.22. The van der Waals surface area contributed by atoms with Crippen molar-refractivity contribution >= 4 is 12.0 Å². The zero-order valence-electron chi connectivity index (χ0n) is 9.64. The number of carboxylic acids is 1. The van der Waals surface area contributed by atoms with Crippen LogP contribution in [-0.4, -0.2) is 47.2 Å². The lowest BCUT2D eigenvalue weighted by atomic mass is 10.1. The highest BCUT2D eigenvalue weighted by molar-refractivity contribution is 5.82. The van der Waals surface area contributed by atoms with Gasteiger partial charge in [0, 0.05) is 19.1 Å². The summed E-state index contributed by atoms with van der Waals surface area (Å²) in [6.07, 6.45) is 0.771. The Bertz CT molecular complexity index is 280. The normalized spacial score (nSPS) is 22.2. The maximum atomic E-state index is 11.7. The molecule has 92 valence electrons. The maximum Gasteiger partial charge on any atom is 0.326 e. The standard InChI is InChI=1S/C10H19N3O3/c1-6(2)8(9(14)15)12-10(16)13-4-3-7(11)5-13/h6-8H,3-5,11H2,1-2H3,(H,12,16)(H,14,15)/t7?,8-/m0/s1. The minimum absolute atomic E-state index is 0.00748. The first-order valence-corrected chi connectivity index (χ1v) is 5.45. The van der Waals surface area contributed by atoms with Gasteiger partial charge in [-0.25, -0.2) is 9.59 Å². The summed E-state index contributed by atoms with van der Waals surface area (Å²) in [6, 6.07) is -1.17. The first-order valence-electron chi connectivity index (χ1n) is 5.45. The van der Waals surface area contributed by atoms with Crippen LogP contribution in [0.5, 0.6) is 0 Å². The highest BCUT2D eigenvalue weighted by Crippen LogP contribution is 2.08. The Labute approximate surface area is 94.8 Å². The molecule has 1 rings (SSSR count). The van der Waals surface area contributed by atoms with Gasteiger partial charge in [0.15, 0.2) is 0 Å². The van der Waals surface area contributed by atoms with E-state index in [1.165, 1.54) is 0 Å². The Morgan fingerprint density at radius 2 is 2.12 bits per heavy atom. The van der Waals surface area contributed by atoms with Crippen molar-refractivity contribution in [1.82, 2.24) is 10.2 Å². The van der Waals surface area contributed by atoms with Gasteiger partial charge in [-0.05, 0) is 12.3 Å². The summed E-state index contributed by atoms with van der Waals surface area (Å²) in [5.74, 6) is -1.15. The zero-order chi connectivity index (χ0) is 12.3. The second-order valence-electron chi connectivity index (χ2n) is 4.50. The monoisotopic (exact) mass is 229 g/mol. The molecule has 0 spiro atoms. The van der Waals surface area contributed by atoms with E-state index in [2.05, 4.69) is 5.32 Å². The van der Waals surface area contributed by atoms with Crippen molar-refractivity contribution in [3.05, 3.63) is 0 Å². The molecule has 0 aromatic heterocycles. The summed E-state index contributed by atoms with van der Waals surface area (Å²) < 4.78 is 0. The van der Waals surface area contributed by atoms with Gasteiger partial charge >= 0.3 is 12.0 Å². The number of urea groups is 1. The van der Waals surface area contributed by atoms with E-state index in [0.29, 0.717) is 13.1 Å². The zero-order valence-corrected chi connectivity index (χ0v) is 9.64. The van der Waals surface area contributed by atoms with Gasteiger partial charge in [0.25, 0.3) is 0 Å². The SMILES string of the molecule is CC(C)[C@H](NC(=O)N1CCC(N)C1)C(=O)O. The molecular weight excluding hydrogens is 210 g/mol. The van der Waals surface area contributed by atoms with Gasteiger partial charge in [0.2, 0.25) is 0 Å². The number of carboxylic acid groups (broad SMARTS) is 1. The van der Waals surface area contributed by atoms with Crippen LogP contribution in [0.2, 0.25) is 0 Å². The molecule has 1 unspecified atom stereocenters. The number of hydrogen-bond donors (Lipinski definition) is 3. The lowest BCUT2D eigenvalue weighted by molar-refractivity contribution is -0.140. The summed E-state index contributed by atoms with van der Waals surface area (Å²) in [6.45, 7) is 4.61. The van der Waals surface area contributed by atoms with Crippen molar-refractivity contribution < 1.29 is 14.7 Å². The highest BCUT2D eigenvalue weighted by Gasteiger charge is 2.28. The molecule has 0 saturated carbocycles. The maximum absolute atomic E-state index is 11.7. The van der Waals surface area contributed by atoms with Crippen molar-refractivity contribution in [2.75, 3.05) is 13.1 Å². The fraction of sp³-hybridized carbons (Fsp3) is 0.800. The first-order chi connectivity index (χ1) is 7.41. The van der Waals surface area contributed by atoms with Crippen LogP contribution in [-0.2, 0) is 4.79 Å². The molecule has 1 aliphatic rings. The second kappa shape index (κ2) is 5.16. The number of nitrogens with zero attached hydrogens (tertiary/aromatic N) is 1. The average molecular weight is 229 g/mol. The molecule has 0 radical (unpaired) electrons. The van der Waals surface area contributed by atoms with Gasteiger partial charge in [-0.1, -0.05) is 13.8 Å². The van der Waals surface area contributed by atoms with E-state index in [9.17, 15) is 9.59 Å². The fourth-order valence-corrected chi connectivity index (χ4v) is 1.71.